The number of hydrogen-bond donors (Lipinski definition) is 1. The lowest BCUT2D eigenvalue weighted by Crippen LogP contribution is -2.57. The van der Waals surface area contributed by atoms with E-state index in [1.54, 1.807) is 4.90 Å². The summed E-state index contributed by atoms with van der Waals surface area (Å²) in [6.45, 7) is 4.27. The Balaban J connectivity index is 1.52. The van der Waals surface area contributed by atoms with Crippen LogP contribution in [0.25, 0.3) is 0 Å². The van der Waals surface area contributed by atoms with Crippen LogP contribution in [-0.4, -0.2) is 94.1 Å². The highest BCUT2D eigenvalue weighted by Gasteiger charge is 2.71. The number of aliphatic hydroxyl groups is 1. The molecule has 5 rings (SSSR count). The first-order valence-corrected chi connectivity index (χ1v) is 14.1. The van der Waals surface area contributed by atoms with Crippen molar-refractivity contribution in [2.75, 3.05) is 32.8 Å². The number of carbonyl (C=O) groups excluding carboxylic acids is 3. The minimum Gasteiger partial charge on any atom is -0.396 e. The molecular formula is C28H41N3O5. The summed E-state index contributed by atoms with van der Waals surface area (Å²) in [6, 6.07) is -0.567. The zero-order valence-corrected chi connectivity index (χ0v) is 21.5. The summed E-state index contributed by atoms with van der Waals surface area (Å²) in [5, 5.41) is 9.22. The van der Waals surface area contributed by atoms with Gasteiger partial charge in [-0.25, -0.2) is 0 Å². The van der Waals surface area contributed by atoms with Crippen molar-refractivity contribution in [1.82, 2.24) is 14.7 Å². The molecule has 1 N–H and O–H groups in total. The molecule has 8 nitrogen and oxygen atoms in total. The van der Waals surface area contributed by atoms with Crippen molar-refractivity contribution in [3.63, 3.8) is 0 Å². The summed E-state index contributed by atoms with van der Waals surface area (Å²) in [5.74, 6) is -1.54. The fourth-order valence-corrected chi connectivity index (χ4v) is 7.21. The fourth-order valence-electron chi connectivity index (χ4n) is 7.21. The topological polar surface area (TPSA) is 90.4 Å². The molecule has 3 fully saturated rings. The van der Waals surface area contributed by atoms with E-state index in [4.69, 9.17) is 4.74 Å². The molecular weight excluding hydrogens is 458 g/mol. The van der Waals surface area contributed by atoms with Gasteiger partial charge in [0.05, 0.1) is 17.9 Å². The zero-order chi connectivity index (χ0) is 25.3. The summed E-state index contributed by atoms with van der Waals surface area (Å²) in [7, 11) is 0. The lowest BCUT2D eigenvalue weighted by Gasteiger charge is -2.39. The van der Waals surface area contributed by atoms with Crippen LogP contribution in [0.1, 0.15) is 64.7 Å². The number of amides is 3. The molecule has 2 saturated heterocycles. The quantitative estimate of drug-likeness (QED) is 0.409. The smallest absolute Gasteiger partial charge is 0.249 e. The Bertz CT molecular complexity index is 913. The van der Waals surface area contributed by atoms with Crippen LogP contribution < -0.4 is 0 Å². The van der Waals surface area contributed by atoms with Crippen molar-refractivity contribution in [3.05, 3.63) is 24.3 Å². The monoisotopic (exact) mass is 499 g/mol. The molecule has 0 radical (unpaired) electrons. The van der Waals surface area contributed by atoms with E-state index in [9.17, 15) is 19.5 Å². The van der Waals surface area contributed by atoms with Gasteiger partial charge >= 0.3 is 0 Å². The number of carbonyl (C=O) groups is 3. The van der Waals surface area contributed by atoms with E-state index >= 15 is 0 Å². The van der Waals surface area contributed by atoms with Gasteiger partial charge in [0, 0.05) is 38.8 Å². The van der Waals surface area contributed by atoms with Gasteiger partial charge in [0.15, 0.2) is 0 Å². The van der Waals surface area contributed by atoms with Gasteiger partial charge < -0.3 is 24.5 Å². The second kappa shape index (κ2) is 10.7. The number of unbranched alkanes of at least 4 members (excludes halogenated alkanes) is 2. The van der Waals surface area contributed by atoms with Crippen molar-refractivity contribution in [1.29, 1.82) is 0 Å². The van der Waals surface area contributed by atoms with E-state index in [-0.39, 0.29) is 30.4 Å². The number of likely N-dealkylation sites (tertiary alicyclic amines) is 1. The van der Waals surface area contributed by atoms with Crippen LogP contribution in [0.5, 0.6) is 0 Å². The van der Waals surface area contributed by atoms with Crippen LogP contribution >= 0.6 is 0 Å². The van der Waals surface area contributed by atoms with Crippen molar-refractivity contribution in [3.8, 4) is 0 Å². The van der Waals surface area contributed by atoms with Crippen LogP contribution in [-0.2, 0) is 19.1 Å². The van der Waals surface area contributed by atoms with Gasteiger partial charge in [-0.2, -0.15) is 0 Å². The molecule has 0 bridgehead atoms. The molecule has 1 spiro atoms. The highest BCUT2D eigenvalue weighted by Crippen LogP contribution is 2.53. The van der Waals surface area contributed by atoms with Gasteiger partial charge in [-0.15, -0.1) is 0 Å². The van der Waals surface area contributed by atoms with E-state index in [1.807, 2.05) is 41.0 Å². The Morgan fingerprint density at radius 1 is 0.972 bits per heavy atom. The highest BCUT2D eigenvalue weighted by atomic mass is 16.5. The normalized spacial score (nSPS) is 34.6. The van der Waals surface area contributed by atoms with E-state index in [0.29, 0.717) is 39.0 Å². The van der Waals surface area contributed by atoms with Crippen molar-refractivity contribution in [2.45, 2.75) is 88.5 Å². The third-order valence-corrected chi connectivity index (χ3v) is 8.84. The summed E-state index contributed by atoms with van der Waals surface area (Å²) in [6.07, 6.45) is 15.8. The van der Waals surface area contributed by atoms with Gasteiger partial charge in [-0.3, -0.25) is 14.4 Å². The second-order valence-electron chi connectivity index (χ2n) is 11.1. The van der Waals surface area contributed by atoms with E-state index in [0.717, 1.165) is 38.5 Å². The molecule has 5 atom stereocenters. The minimum atomic E-state index is -1.13. The first-order chi connectivity index (χ1) is 17.5. The minimum absolute atomic E-state index is 0.0387. The maximum absolute atomic E-state index is 14.3. The molecule has 198 valence electrons. The summed E-state index contributed by atoms with van der Waals surface area (Å²) in [4.78, 5) is 47.7. The van der Waals surface area contributed by atoms with Crippen molar-refractivity contribution < 1.29 is 24.2 Å². The lowest BCUT2D eigenvalue weighted by atomic mass is 9.77. The zero-order valence-electron chi connectivity index (χ0n) is 21.5. The Labute approximate surface area is 214 Å². The van der Waals surface area contributed by atoms with Crippen molar-refractivity contribution in [2.24, 2.45) is 11.8 Å². The number of fused-ring (bicyclic) bond motifs is 2. The SMILES string of the molecule is CCCN1CC=C[C@@H]2O[C@]34C=CCN(C5CCCCC5)C(=O)C3N(CCCCCO)C(=O)[C@@H]4[C@@H]2C1=O. The standard InChI is InChI=1S/C28H41N3O5/c1-2-15-29-16-9-13-21-22(25(29)33)23-26(34)31(17-7-4-8-19-32)24-27(35)30(20-11-5-3-6-12-20)18-10-14-28(23,24)36-21/h9-10,13-14,20-24,32H,2-8,11-12,15-19H2,1H3/t21-,22+,23-,24?,28-/m0/s1. The Kier molecular flexibility index (Phi) is 7.54. The first-order valence-electron chi connectivity index (χ1n) is 14.1. The van der Waals surface area contributed by atoms with E-state index < -0.39 is 29.6 Å². The molecule has 0 aromatic rings. The molecule has 1 unspecified atom stereocenters. The lowest BCUT2D eigenvalue weighted by molar-refractivity contribution is -0.150. The van der Waals surface area contributed by atoms with Gasteiger partial charge in [0.25, 0.3) is 0 Å². The molecule has 36 heavy (non-hydrogen) atoms. The first kappa shape index (κ1) is 25.5. The average molecular weight is 500 g/mol. The summed E-state index contributed by atoms with van der Waals surface area (Å²) in [5.41, 5.74) is -1.13. The predicted molar refractivity (Wildman–Crippen MR) is 135 cm³/mol. The maximum atomic E-state index is 14.3. The van der Waals surface area contributed by atoms with Crippen LogP contribution in [0.15, 0.2) is 24.3 Å². The third-order valence-electron chi connectivity index (χ3n) is 8.84. The van der Waals surface area contributed by atoms with Gasteiger partial charge in [-0.05, 0) is 38.5 Å². The van der Waals surface area contributed by atoms with Crippen LogP contribution in [0.3, 0.4) is 0 Å². The molecule has 5 aliphatic rings. The van der Waals surface area contributed by atoms with Crippen molar-refractivity contribution >= 4 is 17.7 Å². The molecule has 1 saturated carbocycles. The maximum Gasteiger partial charge on any atom is 0.249 e. The number of hydrogen-bond acceptors (Lipinski definition) is 5. The number of nitrogens with zero attached hydrogens (tertiary/aromatic N) is 3. The van der Waals surface area contributed by atoms with E-state index in [1.165, 1.54) is 6.42 Å². The van der Waals surface area contributed by atoms with Crippen LogP contribution in [0.4, 0.5) is 0 Å². The van der Waals surface area contributed by atoms with Gasteiger partial charge in [-0.1, -0.05) is 50.5 Å². The Morgan fingerprint density at radius 2 is 1.78 bits per heavy atom. The predicted octanol–water partition coefficient (Wildman–Crippen LogP) is 2.27. The summed E-state index contributed by atoms with van der Waals surface area (Å²) >= 11 is 0. The second-order valence-corrected chi connectivity index (χ2v) is 11.1. The largest absolute Gasteiger partial charge is 0.396 e. The average Bonchev–Trinajstić information content (AvgIpc) is 3.20. The number of aliphatic hydroxyl groups excluding tert-OH is 1. The molecule has 0 aromatic heterocycles. The van der Waals surface area contributed by atoms with E-state index in [2.05, 4.69) is 0 Å². The fraction of sp³-hybridized carbons (Fsp3) is 0.750. The third kappa shape index (κ3) is 4.20. The van der Waals surface area contributed by atoms with Gasteiger partial charge in [0.1, 0.15) is 11.6 Å². The Hall–Kier alpha value is -2.19. The van der Waals surface area contributed by atoms with Crippen LogP contribution in [0, 0.1) is 11.8 Å². The molecule has 1 aliphatic carbocycles. The number of ether oxygens (including phenoxy) is 1. The molecule has 8 heteroatoms. The molecule has 0 aromatic carbocycles. The molecule has 4 aliphatic heterocycles. The van der Waals surface area contributed by atoms with Gasteiger partial charge in [0.2, 0.25) is 17.7 Å². The Morgan fingerprint density at radius 3 is 2.53 bits per heavy atom. The number of rotatable bonds is 8. The summed E-state index contributed by atoms with van der Waals surface area (Å²) < 4.78 is 6.70. The molecule has 4 heterocycles. The van der Waals surface area contributed by atoms with Crippen LogP contribution in [0.2, 0.25) is 0 Å². The highest BCUT2D eigenvalue weighted by molar-refractivity contribution is 5.99. The molecule has 3 amide bonds.